The Morgan fingerprint density at radius 1 is 1.32 bits per heavy atom. The van der Waals surface area contributed by atoms with Crippen molar-refractivity contribution in [1.29, 1.82) is 0 Å². The van der Waals surface area contributed by atoms with Gasteiger partial charge in [-0.2, -0.15) is 0 Å². The lowest BCUT2D eigenvalue weighted by molar-refractivity contribution is -0.131. The summed E-state index contributed by atoms with van der Waals surface area (Å²) in [5.41, 5.74) is 0.336. The molecule has 1 fully saturated rings. The molecule has 1 amide bonds. The maximum Gasteiger partial charge on any atom is 0.328 e. The van der Waals surface area contributed by atoms with Crippen LogP contribution in [0, 0.1) is 0 Å². The molecule has 1 heterocycles. The fourth-order valence-electron chi connectivity index (χ4n) is 2.91. The molecule has 1 aliphatic heterocycles. The Morgan fingerprint density at radius 3 is 2.64 bits per heavy atom. The summed E-state index contributed by atoms with van der Waals surface area (Å²) in [5, 5.41) is 8.78. The van der Waals surface area contributed by atoms with Crippen LogP contribution in [0.15, 0.2) is 23.1 Å². The number of methoxy groups -OCH3 is 2. The van der Waals surface area contributed by atoms with Crippen LogP contribution in [-0.4, -0.2) is 64.2 Å². The average Bonchev–Trinajstić information content (AvgIpc) is 3.07. The van der Waals surface area contributed by atoms with E-state index in [-0.39, 0.29) is 28.8 Å². The molecule has 2 rings (SSSR count). The summed E-state index contributed by atoms with van der Waals surface area (Å²) < 4.78 is 38.4. The molecule has 0 spiro atoms. The van der Waals surface area contributed by atoms with Gasteiger partial charge in [-0.05, 0) is 36.6 Å². The van der Waals surface area contributed by atoms with Crippen molar-refractivity contribution in [2.24, 2.45) is 0 Å². The lowest BCUT2D eigenvalue weighted by Gasteiger charge is -2.17. The predicted octanol–water partition coefficient (Wildman–Crippen LogP) is 1.09. The molecule has 0 atom stereocenters. The van der Waals surface area contributed by atoms with Crippen molar-refractivity contribution in [2.75, 3.05) is 33.9 Å². The van der Waals surface area contributed by atoms with Gasteiger partial charge in [0.15, 0.2) is 11.5 Å². The molecule has 0 aliphatic carbocycles. The Kier molecular flexibility index (Phi) is 7.41. The number of rotatable bonds is 10. The van der Waals surface area contributed by atoms with Gasteiger partial charge < -0.3 is 19.5 Å². The van der Waals surface area contributed by atoms with Crippen LogP contribution in [0.4, 0.5) is 0 Å². The number of carbonyl (C=O) groups excluding carboxylic acids is 1. The number of benzene rings is 1. The number of hydrogen-bond donors (Lipinski definition) is 2. The fourth-order valence-corrected chi connectivity index (χ4v) is 4.20. The molecule has 0 unspecified atom stereocenters. The van der Waals surface area contributed by atoms with E-state index in [1.165, 1.54) is 32.4 Å². The smallest absolute Gasteiger partial charge is 0.328 e. The minimum atomic E-state index is -3.95. The van der Waals surface area contributed by atoms with E-state index in [0.29, 0.717) is 31.5 Å². The van der Waals surface area contributed by atoms with Crippen molar-refractivity contribution >= 4 is 28.0 Å². The molecule has 1 aromatic carbocycles. The lowest BCUT2D eigenvalue weighted by atomic mass is 10.2. The highest BCUT2D eigenvalue weighted by Gasteiger charge is 2.24. The van der Waals surface area contributed by atoms with Gasteiger partial charge in [0.1, 0.15) is 4.90 Å². The van der Waals surface area contributed by atoms with Gasteiger partial charge in [-0.3, -0.25) is 4.79 Å². The molecule has 0 radical (unpaired) electrons. The van der Waals surface area contributed by atoms with Crippen LogP contribution in [0.25, 0.3) is 6.08 Å². The Balaban J connectivity index is 2.18. The number of likely N-dealkylation sites (tertiary alicyclic amines) is 1. The van der Waals surface area contributed by atoms with Crippen LogP contribution in [0.1, 0.15) is 24.8 Å². The van der Waals surface area contributed by atoms with Crippen molar-refractivity contribution in [3.8, 4) is 11.5 Å². The second-order valence-electron chi connectivity index (χ2n) is 6.16. The zero-order chi connectivity index (χ0) is 20.7. The molecule has 0 saturated carbocycles. The first-order chi connectivity index (χ1) is 13.3. The summed E-state index contributed by atoms with van der Waals surface area (Å²) >= 11 is 0. The highest BCUT2D eigenvalue weighted by Crippen LogP contribution is 2.36. The monoisotopic (exact) mass is 412 g/mol. The molecule has 1 saturated heterocycles. The molecule has 0 bridgehead atoms. The summed E-state index contributed by atoms with van der Waals surface area (Å²) in [6.07, 6.45) is 4.01. The van der Waals surface area contributed by atoms with Crippen molar-refractivity contribution in [3.05, 3.63) is 23.8 Å². The first-order valence-electron chi connectivity index (χ1n) is 8.73. The maximum absolute atomic E-state index is 12.8. The van der Waals surface area contributed by atoms with Gasteiger partial charge in [0.05, 0.1) is 14.2 Å². The lowest BCUT2D eigenvalue weighted by Crippen LogP contribution is -2.31. The molecular formula is C18H24N2O7S. The third-order valence-electron chi connectivity index (χ3n) is 4.24. The molecule has 2 N–H and O–H groups in total. The van der Waals surface area contributed by atoms with E-state index in [1.807, 2.05) is 0 Å². The number of aliphatic carboxylic acids is 1. The van der Waals surface area contributed by atoms with E-state index in [9.17, 15) is 18.0 Å². The van der Waals surface area contributed by atoms with Gasteiger partial charge in [-0.1, -0.05) is 0 Å². The first kappa shape index (κ1) is 21.7. The topological polar surface area (TPSA) is 122 Å². The summed E-state index contributed by atoms with van der Waals surface area (Å²) in [5.74, 6) is -0.878. The number of nitrogens with one attached hydrogen (secondary N) is 1. The minimum absolute atomic E-state index is 0.0252. The van der Waals surface area contributed by atoms with E-state index in [0.717, 1.165) is 12.5 Å². The Hall–Kier alpha value is -2.59. The highest BCUT2D eigenvalue weighted by molar-refractivity contribution is 7.89. The van der Waals surface area contributed by atoms with Gasteiger partial charge in [0, 0.05) is 32.1 Å². The Labute approximate surface area is 164 Å². The molecule has 1 aromatic rings. The summed E-state index contributed by atoms with van der Waals surface area (Å²) in [4.78, 5) is 23.9. The second kappa shape index (κ2) is 9.56. The van der Waals surface area contributed by atoms with Crippen molar-refractivity contribution in [2.45, 2.75) is 24.2 Å². The van der Waals surface area contributed by atoms with E-state index in [2.05, 4.69) is 4.72 Å². The van der Waals surface area contributed by atoms with Gasteiger partial charge in [-0.15, -0.1) is 0 Å². The zero-order valence-electron chi connectivity index (χ0n) is 15.8. The van der Waals surface area contributed by atoms with Crippen LogP contribution in [-0.2, 0) is 19.6 Å². The number of hydrogen-bond acceptors (Lipinski definition) is 6. The number of ether oxygens (including phenoxy) is 2. The molecule has 10 heteroatoms. The van der Waals surface area contributed by atoms with Crippen molar-refractivity contribution in [3.63, 3.8) is 0 Å². The first-order valence-corrected chi connectivity index (χ1v) is 10.2. The standard InChI is InChI=1S/C18H24N2O7S/c1-26-14-11-13(6-7-17(22)23)12-15(18(14)27-2)28(24,25)19-8-4-10-20-9-3-5-16(20)21/h6-7,11-12,19H,3-5,8-10H2,1-2H3,(H,22,23)/b7-6+. The minimum Gasteiger partial charge on any atom is -0.493 e. The third kappa shape index (κ3) is 5.46. The summed E-state index contributed by atoms with van der Waals surface area (Å²) in [6.45, 7) is 1.34. The number of carbonyl (C=O) groups is 2. The van der Waals surface area contributed by atoms with Crippen LogP contribution in [0.2, 0.25) is 0 Å². The van der Waals surface area contributed by atoms with E-state index in [4.69, 9.17) is 14.6 Å². The van der Waals surface area contributed by atoms with Crippen LogP contribution in [0.5, 0.6) is 11.5 Å². The van der Waals surface area contributed by atoms with Gasteiger partial charge in [0.2, 0.25) is 15.9 Å². The third-order valence-corrected chi connectivity index (χ3v) is 5.71. The fraction of sp³-hybridized carbons (Fsp3) is 0.444. The number of sulfonamides is 1. The van der Waals surface area contributed by atoms with Crippen molar-refractivity contribution < 1.29 is 32.6 Å². The number of amides is 1. The summed E-state index contributed by atoms with van der Waals surface area (Å²) in [7, 11) is -1.26. The molecule has 9 nitrogen and oxygen atoms in total. The molecule has 0 aromatic heterocycles. The normalized spacial score (nSPS) is 14.6. The second-order valence-corrected chi connectivity index (χ2v) is 7.90. The largest absolute Gasteiger partial charge is 0.493 e. The van der Waals surface area contributed by atoms with Crippen molar-refractivity contribution in [1.82, 2.24) is 9.62 Å². The van der Waals surface area contributed by atoms with Crippen LogP contribution >= 0.6 is 0 Å². The molecule has 28 heavy (non-hydrogen) atoms. The van der Waals surface area contributed by atoms with E-state index < -0.39 is 16.0 Å². The molecule has 1 aliphatic rings. The van der Waals surface area contributed by atoms with Crippen LogP contribution in [0.3, 0.4) is 0 Å². The zero-order valence-corrected chi connectivity index (χ0v) is 16.6. The highest BCUT2D eigenvalue weighted by atomic mass is 32.2. The van der Waals surface area contributed by atoms with Gasteiger partial charge >= 0.3 is 5.97 Å². The van der Waals surface area contributed by atoms with Gasteiger partial charge in [0.25, 0.3) is 0 Å². The Bertz CT molecular complexity index is 865. The van der Waals surface area contributed by atoms with E-state index in [1.54, 1.807) is 4.90 Å². The molecule has 154 valence electrons. The maximum atomic E-state index is 12.8. The van der Waals surface area contributed by atoms with Gasteiger partial charge in [-0.25, -0.2) is 17.9 Å². The SMILES string of the molecule is COc1cc(/C=C/C(=O)O)cc(S(=O)(=O)NCCCN2CCCC2=O)c1OC. The molecular weight excluding hydrogens is 388 g/mol. The van der Waals surface area contributed by atoms with E-state index >= 15 is 0 Å². The number of carboxylic acids is 1. The number of carboxylic acid groups (broad SMARTS) is 1. The average molecular weight is 412 g/mol. The quantitative estimate of drug-likeness (QED) is 0.436. The van der Waals surface area contributed by atoms with Crippen LogP contribution < -0.4 is 14.2 Å². The summed E-state index contributed by atoms with van der Waals surface area (Å²) in [6, 6.07) is 2.80. The predicted molar refractivity (Wildman–Crippen MR) is 102 cm³/mol. The number of nitrogens with zero attached hydrogens (tertiary/aromatic N) is 1. The Morgan fingerprint density at radius 2 is 2.07 bits per heavy atom.